The van der Waals surface area contributed by atoms with Crippen molar-refractivity contribution in [2.24, 2.45) is 0 Å². The number of thioether (sulfide) groups is 1. The normalized spacial score (nSPS) is 12.6. The number of nitro benzene ring substituents is 1. The molecule has 0 saturated heterocycles. The van der Waals surface area contributed by atoms with E-state index in [1.165, 1.54) is 28.8 Å². The number of halogens is 2. The fourth-order valence-corrected chi connectivity index (χ4v) is 4.13. The van der Waals surface area contributed by atoms with Gasteiger partial charge in [0, 0.05) is 30.5 Å². The first-order chi connectivity index (χ1) is 15.6. The van der Waals surface area contributed by atoms with Gasteiger partial charge in [0.25, 0.3) is 5.69 Å². The maximum Gasteiger partial charge on any atom is 0.269 e. The van der Waals surface area contributed by atoms with Crippen molar-refractivity contribution in [3.63, 3.8) is 0 Å². The van der Waals surface area contributed by atoms with Crippen molar-refractivity contribution < 1.29 is 14.5 Å². The Morgan fingerprint density at radius 1 is 1.09 bits per heavy atom. The summed E-state index contributed by atoms with van der Waals surface area (Å²) >= 11 is 13.5. The van der Waals surface area contributed by atoms with E-state index in [-0.39, 0.29) is 35.8 Å². The highest BCUT2D eigenvalue weighted by Crippen LogP contribution is 2.24. The minimum absolute atomic E-state index is 0.00149. The molecule has 1 N–H and O–H groups in total. The quantitative estimate of drug-likeness (QED) is 0.319. The molecular formula is C23H27Cl2N3O4S. The second-order valence-electron chi connectivity index (χ2n) is 7.68. The number of nitrogens with one attached hydrogen (secondary N) is 1. The third-order valence-electron chi connectivity index (χ3n) is 5.15. The van der Waals surface area contributed by atoms with Crippen LogP contribution in [0, 0.1) is 10.1 Å². The molecule has 2 amide bonds. The molecule has 0 saturated carbocycles. The Hall–Kier alpha value is -2.29. The van der Waals surface area contributed by atoms with Crippen molar-refractivity contribution >= 4 is 52.5 Å². The Kier molecular flexibility index (Phi) is 10.5. The van der Waals surface area contributed by atoms with E-state index < -0.39 is 11.0 Å². The van der Waals surface area contributed by atoms with E-state index in [2.05, 4.69) is 5.32 Å². The maximum atomic E-state index is 13.1. The van der Waals surface area contributed by atoms with Crippen LogP contribution in [-0.2, 0) is 21.9 Å². The van der Waals surface area contributed by atoms with E-state index in [9.17, 15) is 19.7 Å². The second kappa shape index (κ2) is 12.8. The van der Waals surface area contributed by atoms with Crippen molar-refractivity contribution in [3.05, 3.63) is 73.8 Å². The third-order valence-corrected chi connectivity index (χ3v) is 6.87. The summed E-state index contributed by atoms with van der Waals surface area (Å²) in [6, 6.07) is 10.7. The summed E-state index contributed by atoms with van der Waals surface area (Å²) in [4.78, 5) is 37.7. The van der Waals surface area contributed by atoms with E-state index in [0.29, 0.717) is 15.8 Å². The molecule has 0 radical (unpaired) electrons. The SMILES string of the molecule is CC[C@@H](C)NC(=O)[C@H](C)N(Cc1ccc(Cl)c(Cl)c1)C(=O)CSCc1ccc([N+](=O)[O-])cc1. The van der Waals surface area contributed by atoms with Crippen LogP contribution in [0.5, 0.6) is 0 Å². The molecule has 178 valence electrons. The topological polar surface area (TPSA) is 92.6 Å². The molecule has 0 spiro atoms. The molecule has 0 aliphatic rings. The zero-order chi connectivity index (χ0) is 24.5. The molecular weight excluding hydrogens is 485 g/mol. The lowest BCUT2D eigenvalue weighted by Gasteiger charge is -2.29. The minimum Gasteiger partial charge on any atom is -0.352 e. The number of carbonyl (C=O) groups is 2. The Bertz CT molecular complexity index is 988. The van der Waals surface area contributed by atoms with Crippen LogP contribution in [0.1, 0.15) is 38.3 Å². The lowest BCUT2D eigenvalue weighted by atomic mass is 10.1. The van der Waals surface area contributed by atoms with E-state index in [4.69, 9.17) is 23.2 Å². The number of amides is 2. The lowest BCUT2D eigenvalue weighted by molar-refractivity contribution is -0.384. The molecule has 0 aliphatic carbocycles. The van der Waals surface area contributed by atoms with Crippen LogP contribution >= 0.6 is 35.0 Å². The molecule has 0 fully saturated rings. The summed E-state index contributed by atoms with van der Waals surface area (Å²) in [7, 11) is 0. The van der Waals surface area contributed by atoms with Crippen LogP contribution in [0.3, 0.4) is 0 Å². The van der Waals surface area contributed by atoms with E-state index in [0.717, 1.165) is 17.5 Å². The first kappa shape index (κ1) is 27.0. The number of nitro groups is 1. The molecule has 2 aromatic rings. The second-order valence-corrected chi connectivity index (χ2v) is 9.48. The molecule has 0 aromatic heterocycles. The van der Waals surface area contributed by atoms with Crippen molar-refractivity contribution in [3.8, 4) is 0 Å². The van der Waals surface area contributed by atoms with Crippen LogP contribution in [0.2, 0.25) is 10.0 Å². The van der Waals surface area contributed by atoms with Gasteiger partial charge in [-0.3, -0.25) is 19.7 Å². The summed E-state index contributed by atoms with van der Waals surface area (Å²) in [5, 5.41) is 14.5. The highest BCUT2D eigenvalue weighted by atomic mass is 35.5. The predicted octanol–water partition coefficient (Wildman–Crippen LogP) is 5.47. The van der Waals surface area contributed by atoms with Crippen LogP contribution in [-0.4, -0.2) is 39.5 Å². The van der Waals surface area contributed by atoms with Gasteiger partial charge >= 0.3 is 0 Å². The molecule has 0 bridgehead atoms. The van der Waals surface area contributed by atoms with Gasteiger partial charge in [0.1, 0.15) is 6.04 Å². The van der Waals surface area contributed by atoms with Crippen molar-refractivity contribution in [2.75, 3.05) is 5.75 Å². The average Bonchev–Trinajstić information content (AvgIpc) is 2.79. The molecule has 2 aromatic carbocycles. The highest BCUT2D eigenvalue weighted by Gasteiger charge is 2.26. The Balaban J connectivity index is 2.09. The molecule has 0 heterocycles. The largest absolute Gasteiger partial charge is 0.352 e. The van der Waals surface area contributed by atoms with Gasteiger partial charge in [-0.2, -0.15) is 0 Å². The Labute approximate surface area is 208 Å². The summed E-state index contributed by atoms with van der Waals surface area (Å²) < 4.78 is 0. The lowest BCUT2D eigenvalue weighted by Crippen LogP contribution is -2.50. The Morgan fingerprint density at radius 3 is 2.30 bits per heavy atom. The number of benzene rings is 2. The average molecular weight is 512 g/mol. The zero-order valence-electron chi connectivity index (χ0n) is 18.7. The zero-order valence-corrected chi connectivity index (χ0v) is 21.0. The summed E-state index contributed by atoms with van der Waals surface area (Å²) in [5.74, 6) is 0.245. The fraction of sp³-hybridized carbons (Fsp3) is 0.391. The molecule has 7 nitrogen and oxygen atoms in total. The number of nitrogens with zero attached hydrogens (tertiary/aromatic N) is 2. The number of rotatable bonds is 11. The predicted molar refractivity (Wildman–Crippen MR) is 134 cm³/mol. The minimum atomic E-state index is -0.680. The number of hydrogen-bond donors (Lipinski definition) is 1. The number of carbonyl (C=O) groups excluding carboxylic acids is 2. The van der Waals surface area contributed by atoms with Gasteiger partial charge in [-0.15, -0.1) is 11.8 Å². The van der Waals surface area contributed by atoms with Gasteiger partial charge in [0.05, 0.1) is 20.7 Å². The molecule has 33 heavy (non-hydrogen) atoms. The fourth-order valence-electron chi connectivity index (χ4n) is 2.94. The van der Waals surface area contributed by atoms with Gasteiger partial charge < -0.3 is 10.2 Å². The third kappa shape index (κ3) is 8.21. The summed E-state index contributed by atoms with van der Waals surface area (Å²) in [6.45, 7) is 5.80. The highest BCUT2D eigenvalue weighted by molar-refractivity contribution is 7.99. The standard InChI is InChI=1S/C23H27Cl2N3O4S/c1-4-15(2)26-23(30)16(3)27(12-18-7-10-20(24)21(25)11-18)22(29)14-33-13-17-5-8-19(9-6-17)28(31)32/h5-11,15-16H,4,12-14H2,1-3H3,(H,26,30)/t15-,16+/m1/s1. The molecule has 0 aliphatic heterocycles. The first-order valence-corrected chi connectivity index (χ1v) is 12.4. The van der Waals surface area contributed by atoms with E-state index in [1.54, 1.807) is 37.3 Å². The molecule has 2 atom stereocenters. The van der Waals surface area contributed by atoms with E-state index in [1.807, 2.05) is 13.8 Å². The molecule has 2 rings (SSSR count). The smallest absolute Gasteiger partial charge is 0.269 e. The van der Waals surface area contributed by atoms with Gasteiger partial charge in [0.15, 0.2) is 0 Å². The first-order valence-electron chi connectivity index (χ1n) is 10.5. The van der Waals surface area contributed by atoms with Crippen molar-refractivity contribution in [1.82, 2.24) is 10.2 Å². The molecule has 10 heteroatoms. The van der Waals surface area contributed by atoms with Crippen LogP contribution in [0.4, 0.5) is 5.69 Å². The van der Waals surface area contributed by atoms with Crippen molar-refractivity contribution in [2.45, 2.75) is 51.6 Å². The van der Waals surface area contributed by atoms with Crippen LogP contribution in [0.25, 0.3) is 0 Å². The van der Waals surface area contributed by atoms with Gasteiger partial charge in [-0.1, -0.05) is 48.3 Å². The van der Waals surface area contributed by atoms with Gasteiger partial charge in [-0.25, -0.2) is 0 Å². The Morgan fingerprint density at radius 2 is 1.73 bits per heavy atom. The summed E-state index contributed by atoms with van der Waals surface area (Å²) in [5.41, 5.74) is 1.66. The van der Waals surface area contributed by atoms with Crippen molar-refractivity contribution in [1.29, 1.82) is 0 Å². The summed E-state index contributed by atoms with van der Waals surface area (Å²) in [6.07, 6.45) is 0.782. The van der Waals surface area contributed by atoms with Gasteiger partial charge in [0.2, 0.25) is 11.8 Å². The molecule has 0 unspecified atom stereocenters. The maximum absolute atomic E-state index is 13.1. The monoisotopic (exact) mass is 511 g/mol. The van der Waals surface area contributed by atoms with Crippen LogP contribution < -0.4 is 5.32 Å². The van der Waals surface area contributed by atoms with E-state index >= 15 is 0 Å². The number of non-ortho nitro benzene ring substituents is 1. The number of hydrogen-bond acceptors (Lipinski definition) is 5. The van der Waals surface area contributed by atoms with Gasteiger partial charge in [-0.05, 0) is 43.5 Å². The van der Waals surface area contributed by atoms with Crippen LogP contribution in [0.15, 0.2) is 42.5 Å².